The van der Waals surface area contributed by atoms with Gasteiger partial charge in [0.05, 0.1) is 6.17 Å². The Bertz CT molecular complexity index is 196. The molecule has 1 rings (SSSR count). The molecule has 0 spiro atoms. The fourth-order valence-electron chi connectivity index (χ4n) is 1.83. The largest absolute Gasteiger partial charge is 0.357 e. The Kier molecular flexibility index (Phi) is 2.65. The highest BCUT2D eigenvalue weighted by Crippen LogP contribution is 2.26. The van der Waals surface area contributed by atoms with Gasteiger partial charge < -0.3 is 9.80 Å². The molecule has 0 aromatic carbocycles. The summed E-state index contributed by atoms with van der Waals surface area (Å²) in [6, 6.07) is 0. The van der Waals surface area contributed by atoms with Crippen LogP contribution in [0.1, 0.15) is 34.1 Å². The lowest BCUT2D eigenvalue weighted by Gasteiger charge is -2.28. The number of allylic oxidation sites excluding steroid dienone is 2. The van der Waals surface area contributed by atoms with E-state index in [1.54, 1.807) is 0 Å². The van der Waals surface area contributed by atoms with Crippen molar-refractivity contribution in [2.24, 2.45) is 0 Å². The Hall–Kier alpha value is -0.660. The molecule has 0 saturated heterocycles. The van der Waals surface area contributed by atoms with Gasteiger partial charge in [0.1, 0.15) is 0 Å². The van der Waals surface area contributed by atoms with Gasteiger partial charge in [-0.3, -0.25) is 0 Å². The van der Waals surface area contributed by atoms with Crippen LogP contribution in [0.25, 0.3) is 0 Å². The summed E-state index contributed by atoms with van der Waals surface area (Å²) in [4.78, 5) is 4.81. The molecule has 2 heteroatoms. The van der Waals surface area contributed by atoms with Crippen molar-refractivity contribution in [2.75, 3.05) is 13.6 Å². The zero-order chi connectivity index (χ0) is 9.30. The van der Waals surface area contributed by atoms with Crippen molar-refractivity contribution in [1.29, 1.82) is 0 Å². The summed E-state index contributed by atoms with van der Waals surface area (Å²) in [6.07, 6.45) is 1.77. The lowest BCUT2D eigenvalue weighted by atomic mass is 10.3. The molecule has 0 amide bonds. The highest BCUT2D eigenvalue weighted by Gasteiger charge is 2.26. The van der Waals surface area contributed by atoms with E-state index in [1.807, 2.05) is 0 Å². The van der Waals surface area contributed by atoms with Crippen molar-refractivity contribution in [3.8, 4) is 0 Å². The number of rotatable bonds is 2. The molecule has 70 valence electrons. The average molecular weight is 168 g/mol. The molecule has 1 aliphatic heterocycles. The monoisotopic (exact) mass is 168 g/mol. The normalized spacial score (nSPS) is 24.2. The Labute approximate surface area is 75.8 Å². The van der Waals surface area contributed by atoms with E-state index in [-0.39, 0.29) is 0 Å². The molecule has 12 heavy (non-hydrogen) atoms. The van der Waals surface area contributed by atoms with Crippen LogP contribution in [0, 0.1) is 0 Å². The maximum Gasteiger partial charge on any atom is 0.0979 e. The minimum atomic E-state index is 0.546. The second-order valence-corrected chi connectivity index (χ2v) is 3.61. The standard InChI is InChI=1S/C10H20N2/c1-6-7-12-9(3)8(2)11(5)10(12)4/h10H,6-7H2,1-5H3. The summed E-state index contributed by atoms with van der Waals surface area (Å²) < 4.78 is 0. The maximum absolute atomic E-state index is 2.47. The van der Waals surface area contributed by atoms with Crippen LogP contribution in [-0.4, -0.2) is 29.6 Å². The van der Waals surface area contributed by atoms with Crippen molar-refractivity contribution in [3.05, 3.63) is 11.4 Å². The molecule has 0 saturated carbocycles. The zero-order valence-corrected chi connectivity index (χ0v) is 8.89. The molecule has 1 heterocycles. The van der Waals surface area contributed by atoms with Crippen LogP contribution in [0.2, 0.25) is 0 Å². The SMILES string of the molecule is CCCN1C(C)=C(C)N(C)C1C. The second kappa shape index (κ2) is 3.38. The molecule has 0 aliphatic carbocycles. The average Bonchev–Trinajstić information content (AvgIpc) is 2.23. The third-order valence-electron chi connectivity index (χ3n) is 2.96. The molecule has 1 aliphatic rings. The van der Waals surface area contributed by atoms with Crippen molar-refractivity contribution in [3.63, 3.8) is 0 Å². The van der Waals surface area contributed by atoms with E-state index < -0.39 is 0 Å². The zero-order valence-electron chi connectivity index (χ0n) is 8.89. The van der Waals surface area contributed by atoms with E-state index >= 15 is 0 Å². The lowest BCUT2D eigenvalue weighted by molar-refractivity contribution is 0.179. The van der Waals surface area contributed by atoms with Gasteiger partial charge in [0.2, 0.25) is 0 Å². The molecule has 0 aromatic rings. The van der Waals surface area contributed by atoms with Gasteiger partial charge >= 0.3 is 0 Å². The van der Waals surface area contributed by atoms with E-state index in [0.29, 0.717) is 6.17 Å². The van der Waals surface area contributed by atoms with E-state index in [9.17, 15) is 0 Å². The first-order chi connectivity index (χ1) is 5.59. The summed E-state index contributed by atoms with van der Waals surface area (Å²) in [6.45, 7) is 10.1. The number of hydrogen-bond donors (Lipinski definition) is 0. The van der Waals surface area contributed by atoms with Gasteiger partial charge in [-0.25, -0.2) is 0 Å². The Morgan fingerprint density at radius 3 is 2.17 bits per heavy atom. The Morgan fingerprint density at radius 2 is 1.83 bits per heavy atom. The van der Waals surface area contributed by atoms with Crippen molar-refractivity contribution in [1.82, 2.24) is 9.80 Å². The van der Waals surface area contributed by atoms with Crippen LogP contribution >= 0.6 is 0 Å². The molecule has 0 radical (unpaired) electrons. The Balaban J connectivity index is 2.76. The van der Waals surface area contributed by atoms with Crippen molar-refractivity contribution in [2.45, 2.75) is 40.3 Å². The summed E-state index contributed by atoms with van der Waals surface area (Å²) >= 11 is 0. The van der Waals surface area contributed by atoms with Gasteiger partial charge in [0, 0.05) is 25.0 Å². The van der Waals surface area contributed by atoms with E-state index in [1.165, 1.54) is 24.4 Å². The van der Waals surface area contributed by atoms with Gasteiger partial charge in [-0.1, -0.05) is 6.92 Å². The van der Waals surface area contributed by atoms with E-state index in [0.717, 1.165) is 0 Å². The van der Waals surface area contributed by atoms with Crippen LogP contribution < -0.4 is 0 Å². The number of hydrogen-bond acceptors (Lipinski definition) is 2. The van der Waals surface area contributed by atoms with Crippen molar-refractivity contribution >= 4 is 0 Å². The topological polar surface area (TPSA) is 6.48 Å². The molecule has 1 unspecified atom stereocenters. The van der Waals surface area contributed by atoms with Gasteiger partial charge in [-0.15, -0.1) is 0 Å². The second-order valence-electron chi connectivity index (χ2n) is 3.61. The van der Waals surface area contributed by atoms with E-state index in [4.69, 9.17) is 0 Å². The predicted octanol–water partition coefficient (Wildman–Crippen LogP) is 2.24. The minimum absolute atomic E-state index is 0.546. The quantitative estimate of drug-likeness (QED) is 0.624. The first kappa shape index (κ1) is 9.43. The van der Waals surface area contributed by atoms with E-state index in [2.05, 4.69) is 44.5 Å². The van der Waals surface area contributed by atoms with Gasteiger partial charge in [0.25, 0.3) is 0 Å². The molecular formula is C10H20N2. The van der Waals surface area contributed by atoms with Crippen LogP contribution in [0.3, 0.4) is 0 Å². The molecule has 0 fully saturated rings. The predicted molar refractivity (Wildman–Crippen MR) is 52.6 cm³/mol. The molecule has 2 nitrogen and oxygen atoms in total. The summed E-state index contributed by atoms with van der Waals surface area (Å²) in [7, 11) is 2.17. The van der Waals surface area contributed by atoms with Gasteiger partial charge in [-0.2, -0.15) is 0 Å². The maximum atomic E-state index is 2.47. The molecule has 0 N–H and O–H groups in total. The first-order valence-corrected chi connectivity index (χ1v) is 4.76. The fourth-order valence-corrected chi connectivity index (χ4v) is 1.83. The van der Waals surface area contributed by atoms with Gasteiger partial charge in [0.15, 0.2) is 0 Å². The number of nitrogens with zero attached hydrogens (tertiary/aromatic N) is 2. The summed E-state index contributed by atoms with van der Waals surface area (Å²) in [5.41, 5.74) is 2.85. The third-order valence-corrected chi connectivity index (χ3v) is 2.96. The van der Waals surface area contributed by atoms with Gasteiger partial charge in [-0.05, 0) is 27.2 Å². The fraction of sp³-hybridized carbons (Fsp3) is 0.800. The first-order valence-electron chi connectivity index (χ1n) is 4.76. The molecular weight excluding hydrogens is 148 g/mol. The van der Waals surface area contributed by atoms with Crippen LogP contribution in [0.4, 0.5) is 0 Å². The molecule has 0 bridgehead atoms. The van der Waals surface area contributed by atoms with Crippen LogP contribution in [-0.2, 0) is 0 Å². The third kappa shape index (κ3) is 1.30. The molecule has 1 atom stereocenters. The highest BCUT2D eigenvalue weighted by atomic mass is 15.4. The lowest BCUT2D eigenvalue weighted by Crippen LogP contribution is -2.35. The van der Waals surface area contributed by atoms with Crippen molar-refractivity contribution < 1.29 is 0 Å². The minimum Gasteiger partial charge on any atom is -0.357 e. The Morgan fingerprint density at radius 1 is 1.25 bits per heavy atom. The van der Waals surface area contributed by atoms with Crippen LogP contribution in [0.15, 0.2) is 11.4 Å². The smallest absolute Gasteiger partial charge is 0.0979 e. The molecule has 0 aromatic heterocycles. The highest BCUT2D eigenvalue weighted by molar-refractivity contribution is 5.15. The summed E-state index contributed by atoms with van der Waals surface area (Å²) in [5.74, 6) is 0. The summed E-state index contributed by atoms with van der Waals surface area (Å²) in [5, 5.41) is 0. The van der Waals surface area contributed by atoms with Crippen LogP contribution in [0.5, 0.6) is 0 Å².